The fraction of sp³-hybridized carbons (Fsp3) is 0.286. The van der Waals surface area contributed by atoms with Crippen LogP contribution in [0.25, 0.3) is 21.8 Å². The Bertz CT molecular complexity index is 1350. The second-order valence-electron chi connectivity index (χ2n) is 7.53. The number of alkyl halides is 5. The first-order valence-corrected chi connectivity index (χ1v) is 10.5. The number of hydrogen-bond donors (Lipinski definition) is 2. The van der Waals surface area contributed by atoms with Gasteiger partial charge < -0.3 is 10.4 Å². The first-order valence-electron chi connectivity index (χ1n) is 9.70. The van der Waals surface area contributed by atoms with E-state index >= 15 is 0 Å². The number of aliphatic hydroxyl groups is 1. The lowest BCUT2D eigenvalue weighted by atomic mass is 10.0. The van der Waals surface area contributed by atoms with Crippen LogP contribution in [-0.2, 0) is 12.2 Å². The molecule has 4 rings (SSSR count). The molecular formula is C21H17BrF5N5O. The van der Waals surface area contributed by atoms with E-state index in [0.717, 1.165) is 6.20 Å². The number of halogens is 6. The highest BCUT2D eigenvalue weighted by molar-refractivity contribution is 9.10. The smallest absolute Gasteiger partial charge is 0.390 e. The van der Waals surface area contributed by atoms with Crippen LogP contribution in [0.4, 0.5) is 27.8 Å². The molecule has 6 nitrogen and oxygen atoms in total. The first kappa shape index (κ1) is 23.3. The number of hydrogen-bond acceptors (Lipinski definition) is 5. The summed E-state index contributed by atoms with van der Waals surface area (Å²) in [7, 11) is 0. The Morgan fingerprint density at radius 2 is 1.82 bits per heavy atom. The summed E-state index contributed by atoms with van der Waals surface area (Å²) in [5.74, 6) is -2.75. The SMILES string of the molecule is Cc1nc(N[C@H](C)c2cccc(C(F)(F)CO)c2)c2cc(Br)c3nn(C(F)(F)F)cc3c2n1. The molecule has 0 aliphatic rings. The lowest BCUT2D eigenvalue weighted by molar-refractivity contribution is -0.211. The fourth-order valence-corrected chi connectivity index (χ4v) is 4.02. The first-order chi connectivity index (χ1) is 15.4. The molecule has 0 spiro atoms. The summed E-state index contributed by atoms with van der Waals surface area (Å²) in [4.78, 5) is 8.70. The largest absolute Gasteiger partial charge is 0.504 e. The maximum absolute atomic E-state index is 13.9. The van der Waals surface area contributed by atoms with Crippen LogP contribution in [0.2, 0.25) is 0 Å². The summed E-state index contributed by atoms with van der Waals surface area (Å²) in [5.41, 5.74) is 0.543. The second-order valence-corrected chi connectivity index (χ2v) is 8.39. The zero-order valence-corrected chi connectivity index (χ0v) is 18.8. The zero-order chi connectivity index (χ0) is 24.1. The van der Waals surface area contributed by atoms with Crippen LogP contribution in [0.5, 0.6) is 0 Å². The molecule has 2 aromatic heterocycles. The number of aryl methyl sites for hydroxylation is 1. The Hall–Kier alpha value is -2.86. The number of nitrogens with zero attached hydrogens (tertiary/aromatic N) is 4. The third-order valence-electron chi connectivity index (χ3n) is 5.14. The molecule has 2 heterocycles. The van der Waals surface area contributed by atoms with Gasteiger partial charge in [0.15, 0.2) is 0 Å². The van der Waals surface area contributed by atoms with Crippen LogP contribution in [0, 0.1) is 6.92 Å². The van der Waals surface area contributed by atoms with Crippen molar-refractivity contribution in [3.8, 4) is 0 Å². The van der Waals surface area contributed by atoms with E-state index in [1.165, 1.54) is 18.2 Å². The zero-order valence-electron chi connectivity index (χ0n) is 17.3. The summed E-state index contributed by atoms with van der Waals surface area (Å²) in [6.07, 6.45) is -3.83. The average molecular weight is 530 g/mol. The van der Waals surface area contributed by atoms with Crippen molar-refractivity contribution in [1.82, 2.24) is 19.7 Å². The lowest BCUT2D eigenvalue weighted by Gasteiger charge is -2.20. The van der Waals surface area contributed by atoms with E-state index in [9.17, 15) is 22.0 Å². The van der Waals surface area contributed by atoms with Gasteiger partial charge in [0.25, 0.3) is 5.92 Å². The number of nitrogens with one attached hydrogen (secondary N) is 1. The van der Waals surface area contributed by atoms with Gasteiger partial charge in [0.05, 0.1) is 5.52 Å². The molecule has 174 valence electrons. The summed E-state index contributed by atoms with van der Waals surface area (Å²) < 4.78 is 67.6. The van der Waals surface area contributed by atoms with E-state index < -0.39 is 24.9 Å². The maximum atomic E-state index is 13.9. The van der Waals surface area contributed by atoms with Gasteiger partial charge in [0.2, 0.25) is 0 Å². The van der Waals surface area contributed by atoms with E-state index in [1.807, 2.05) is 0 Å². The average Bonchev–Trinajstić information content (AvgIpc) is 3.22. The molecule has 1 atom stereocenters. The molecule has 0 fully saturated rings. The standard InChI is InChI=1S/C21H17BrF5N5O/c1-10(12-4-3-5-13(6-12)20(23,24)9-33)28-19-14-7-16(22)18-15(17(14)29-11(2)30-19)8-32(31-18)21(25,26)27/h3-8,10,33H,9H2,1-2H3,(H,28,29,30)/t10-/m1/s1. The van der Waals surface area contributed by atoms with Gasteiger partial charge in [-0.25, -0.2) is 9.97 Å². The molecular weight excluding hydrogens is 513 g/mol. The normalized spacial score (nSPS) is 13.6. The van der Waals surface area contributed by atoms with Gasteiger partial charge in [-0.2, -0.15) is 18.6 Å². The highest BCUT2D eigenvalue weighted by Crippen LogP contribution is 2.36. The Labute approximate surface area is 192 Å². The Morgan fingerprint density at radius 3 is 2.48 bits per heavy atom. The van der Waals surface area contributed by atoms with Crippen molar-refractivity contribution in [3.05, 3.63) is 58.0 Å². The van der Waals surface area contributed by atoms with Crippen LogP contribution < -0.4 is 5.32 Å². The fourth-order valence-electron chi connectivity index (χ4n) is 3.50. The van der Waals surface area contributed by atoms with Crippen LogP contribution in [-0.4, -0.2) is 31.5 Å². The maximum Gasteiger partial charge on any atom is 0.504 e. The molecule has 0 unspecified atom stereocenters. The molecule has 0 saturated heterocycles. The van der Waals surface area contributed by atoms with Crippen LogP contribution in [0.15, 0.2) is 41.0 Å². The minimum absolute atomic E-state index is 0.0815. The topological polar surface area (TPSA) is 75.9 Å². The third kappa shape index (κ3) is 4.36. The van der Waals surface area contributed by atoms with E-state index in [4.69, 9.17) is 5.11 Å². The predicted octanol–water partition coefficient (Wildman–Crippen LogP) is 5.78. The van der Waals surface area contributed by atoms with Gasteiger partial charge in [0, 0.05) is 33.0 Å². The predicted molar refractivity (Wildman–Crippen MR) is 116 cm³/mol. The number of aromatic nitrogens is 4. The molecule has 0 bridgehead atoms. The van der Waals surface area contributed by atoms with Crippen LogP contribution >= 0.6 is 15.9 Å². The number of anilines is 1. The van der Waals surface area contributed by atoms with Crippen molar-refractivity contribution in [2.45, 2.75) is 32.1 Å². The van der Waals surface area contributed by atoms with Crippen molar-refractivity contribution >= 4 is 43.6 Å². The Kier molecular flexibility index (Phi) is 5.77. The Balaban J connectivity index is 1.80. The van der Waals surface area contributed by atoms with Crippen LogP contribution in [0.3, 0.4) is 0 Å². The minimum atomic E-state index is -4.69. The van der Waals surface area contributed by atoms with Crippen molar-refractivity contribution in [1.29, 1.82) is 0 Å². The number of benzene rings is 2. The molecule has 0 aliphatic heterocycles. The summed E-state index contributed by atoms with van der Waals surface area (Å²) in [6.45, 7) is 2.01. The van der Waals surface area contributed by atoms with Crippen molar-refractivity contribution in [3.63, 3.8) is 0 Å². The monoisotopic (exact) mass is 529 g/mol. The quantitative estimate of drug-likeness (QED) is 0.320. The number of fused-ring (bicyclic) bond motifs is 3. The molecule has 2 aromatic carbocycles. The van der Waals surface area contributed by atoms with E-state index in [2.05, 4.69) is 36.3 Å². The summed E-state index contributed by atoms with van der Waals surface area (Å²) >= 11 is 3.27. The summed E-state index contributed by atoms with van der Waals surface area (Å²) in [5, 5.41) is 16.3. The van der Waals surface area contributed by atoms with E-state index in [1.54, 1.807) is 26.0 Å². The van der Waals surface area contributed by atoms with Crippen LogP contribution in [0.1, 0.15) is 29.9 Å². The highest BCUT2D eigenvalue weighted by atomic mass is 79.9. The van der Waals surface area contributed by atoms with Crippen molar-refractivity contribution in [2.75, 3.05) is 11.9 Å². The second kappa shape index (κ2) is 8.17. The number of rotatable bonds is 5. The molecule has 2 N–H and O–H groups in total. The molecule has 4 aromatic rings. The lowest BCUT2D eigenvalue weighted by Crippen LogP contribution is -2.19. The van der Waals surface area contributed by atoms with Gasteiger partial charge in [-0.3, -0.25) is 0 Å². The molecule has 12 heteroatoms. The molecule has 0 radical (unpaired) electrons. The van der Waals surface area contributed by atoms with Gasteiger partial charge in [0.1, 0.15) is 23.8 Å². The van der Waals surface area contributed by atoms with Gasteiger partial charge in [-0.15, -0.1) is 13.2 Å². The van der Waals surface area contributed by atoms with Gasteiger partial charge in [-0.05, 0) is 47.5 Å². The minimum Gasteiger partial charge on any atom is -0.390 e. The van der Waals surface area contributed by atoms with E-state index in [-0.39, 0.29) is 26.7 Å². The Morgan fingerprint density at radius 1 is 1.09 bits per heavy atom. The molecule has 0 amide bonds. The highest BCUT2D eigenvalue weighted by Gasteiger charge is 2.33. The molecule has 0 saturated carbocycles. The van der Waals surface area contributed by atoms with Gasteiger partial charge in [-0.1, -0.05) is 18.2 Å². The third-order valence-corrected chi connectivity index (χ3v) is 5.75. The molecule has 33 heavy (non-hydrogen) atoms. The number of aliphatic hydroxyl groups excluding tert-OH is 1. The van der Waals surface area contributed by atoms with Crippen molar-refractivity contribution in [2.24, 2.45) is 0 Å². The van der Waals surface area contributed by atoms with E-state index in [0.29, 0.717) is 27.1 Å². The summed E-state index contributed by atoms with van der Waals surface area (Å²) in [6, 6.07) is 6.68. The van der Waals surface area contributed by atoms with Gasteiger partial charge >= 0.3 is 6.30 Å². The molecule has 0 aliphatic carbocycles. The van der Waals surface area contributed by atoms with Crippen molar-refractivity contribution < 1.29 is 27.1 Å².